The minimum absolute atomic E-state index is 0.240. The first-order valence-corrected chi connectivity index (χ1v) is 7.66. The second kappa shape index (κ2) is 11.5. The molecule has 0 spiro atoms. The van der Waals surface area contributed by atoms with E-state index in [2.05, 4.69) is 13.8 Å². The summed E-state index contributed by atoms with van der Waals surface area (Å²) in [5.41, 5.74) is 0. The quantitative estimate of drug-likeness (QED) is 0.682. The van der Waals surface area contributed by atoms with Gasteiger partial charge in [-0.2, -0.15) is 0 Å². The fourth-order valence-electron chi connectivity index (χ4n) is 2.18. The van der Waals surface area contributed by atoms with Crippen molar-refractivity contribution < 1.29 is 9.53 Å². The zero-order valence-electron chi connectivity index (χ0n) is 12.7. The Balaban J connectivity index is 0.00000137. The maximum absolute atomic E-state index is 12.2. The van der Waals surface area contributed by atoms with Crippen molar-refractivity contribution in [1.82, 2.24) is 4.90 Å². The average Bonchev–Trinajstić information content (AvgIpc) is 2.46. The van der Waals surface area contributed by atoms with Gasteiger partial charge in [-0.3, -0.25) is 4.79 Å². The second-order valence-electron chi connectivity index (χ2n) is 4.54. The van der Waals surface area contributed by atoms with Gasteiger partial charge in [-0.1, -0.05) is 47.0 Å². The molecule has 1 aliphatic rings. The van der Waals surface area contributed by atoms with Crippen LogP contribution in [0.4, 0.5) is 0 Å². The van der Waals surface area contributed by atoms with Gasteiger partial charge in [0.1, 0.15) is 0 Å². The van der Waals surface area contributed by atoms with Crippen molar-refractivity contribution in [3.05, 3.63) is 0 Å². The number of hydrogen-bond acceptors (Lipinski definition) is 2. The molecule has 1 amide bonds. The number of unbranched alkanes of at least 4 members (excludes halogenated alkanes) is 2. The van der Waals surface area contributed by atoms with Crippen LogP contribution in [0.2, 0.25) is 0 Å². The molecule has 0 aromatic carbocycles. The molecule has 0 radical (unpaired) electrons. The van der Waals surface area contributed by atoms with Crippen LogP contribution in [0.1, 0.15) is 59.8 Å². The van der Waals surface area contributed by atoms with E-state index in [1.165, 1.54) is 19.3 Å². The molecule has 3 nitrogen and oxygen atoms in total. The molecular weight excluding hydrogens is 226 g/mol. The van der Waals surface area contributed by atoms with E-state index in [-0.39, 0.29) is 5.92 Å². The van der Waals surface area contributed by atoms with Crippen LogP contribution >= 0.6 is 0 Å². The fourth-order valence-corrected chi connectivity index (χ4v) is 2.18. The number of carbonyl (C=O) groups excluding carboxylic acids is 1. The molecule has 0 bridgehead atoms. The van der Waals surface area contributed by atoms with Crippen molar-refractivity contribution in [2.45, 2.75) is 59.8 Å². The van der Waals surface area contributed by atoms with Crippen LogP contribution in [0, 0.1) is 5.92 Å². The third-order valence-corrected chi connectivity index (χ3v) is 3.32. The molecule has 1 fully saturated rings. The van der Waals surface area contributed by atoms with Crippen molar-refractivity contribution in [3.8, 4) is 0 Å². The van der Waals surface area contributed by atoms with E-state index in [1.807, 2.05) is 18.7 Å². The normalized spacial score (nSPS) is 16.8. The zero-order chi connectivity index (χ0) is 13.8. The molecule has 1 saturated heterocycles. The van der Waals surface area contributed by atoms with E-state index in [1.54, 1.807) is 0 Å². The predicted octanol–water partition coefficient (Wildman–Crippen LogP) is 3.48. The summed E-state index contributed by atoms with van der Waals surface area (Å²) in [6.07, 6.45) is 5.68. The maximum atomic E-state index is 12.2. The van der Waals surface area contributed by atoms with Crippen LogP contribution in [0.25, 0.3) is 0 Å². The number of morpholine rings is 1. The molecule has 1 aliphatic heterocycles. The number of carbonyl (C=O) groups is 1. The van der Waals surface area contributed by atoms with Crippen LogP contribution in [0.3, 0.4) is 0 Å². The van der Waals surface area contributed by atoms with Gasteiger partial charge in [0.2, 0.25) is 5.91 Å². The minimum atomic E-state index is 0.240. The van der Waals surface area contributed by atoms with Gasteiger partial charge >= 0.3 is 0 Å². The molecule has 1 heterocycles. The standard InChI is InChI=1S/C13H25NO2.C2H6/c1-3-5-6-7-12(4-2)13(15)14-8-10-16-11-9-14;1-2/h12H,3-11H2,1-2H3;1-2H3. The lowest BCUT2D eigenvalue weighted by atomic mass is 9.97. The molecule has 1 unspecified atom stereocenters. The van der Waals surface area contributed by atoms with E-state index in [9.17, 15) is 4.79 Å². The van der Waals surface area contributed by atoms with Crippen molar-refractivity contribution in [2.24, 2.45) is 5.92 Å². The Hall–Kier alpha value is -0.570. The number of hydrogen-bond donors (Lipinski definition) is 0. The lowest BCUT2D eigenvalue weighted by Crippen LogP contribution is -2.43. The Morgan fingerprint density at radius 1 is 1.17 bits per heavy atom. The molecule has 1 rings (SSSR count). The summed E-state index contributed by atoms with van der Waals surface area (Å²) in [5, 5.41) is 0. The summed E-state index contributed by atoms with van der Waals surface area (Å²) in [5.74, 6) is 0.589. The summed E-state index contributed by atoms with van der Waals surface area (Å²) in [7, 11) is 0. The zero-order valence-corrected chi connectivity index (χ0v) is 12.7. The van der Waals surface area contributed by atoms with Crippen LogP contribution in [0.5, 0.6) is 0 Å². The first kappa shape index (κ1) is 17.4. The molecule has 0 aromatic rings. The molecule has 3 heteroatoms. The highest BCUT2D eigenvalue weighted by molar-refractivity contribution is 5.78. The van der Waals surface area contributed by atoms with Gasteiger partial charge in [-0.05, 0) is 12.8 Å². The first-order chi connectivity index (χ1) is 8.79. The number of nitrogens with zero attached hydrogens (tertiary/aromatic N) is 1. The molecule has 0 saturated carbocycles. The number of ether oxygens (including phenoxy) is 1. The fraction of sp³-hybridized carbons (Fsp3) is 0.933. The van der Waals surface area contributed by atoms with Crippen molar-refractivity contribution >= 4 is 5.91 Å². The largest absolute Gasteiger partial charge is 0.378 e. The number of rotatable bonds is 6. The topological polar surface area (TPSA) is 29.5 Å². The minimum Gasteiger partial charge on any atom is -0.378 e. The monoisotopic (exact) mass is 257 g/mol. The highest BCUT2D eigenvalue weighted by Crippen LogP contribution is 2.17. The van der Waals surface area contributed by atoms with Crippen molar-refractivity contribution in [3.63, 3.8) is 0 Å². The summed E-state index contributed by atoms with van der Waals surface area (Å²) in [6, 6.07) is 0. The first-order valence-electron chi connectivity index (χ1n) is 7.66. The Morgan fingerprint density at radius 3 is 2.28 bits per heavy atom. The molecule has 0 aromatic heterocycles. The average molecular weight is 257 g/mol. The van der Waals surface area contributed by atoms with Crippen molar-refractivity contribution in [2.75, 3.05) is 26.3 Å². The van der Waals surface area contributed by atoms with Gasteiger partial charge in [0.15, 0.2) is 0 Å². The summed E-state index contributed by atoms with van der Waals surface area (Å²) in [6.45, 7) is 11.3. The molecule has 108 valence electrons. The SMILES string of the molecule is CC.CCCCCC(CC)C(=O)N1CCOCC1. The van der Waals surface area contributed by atoms with Gasteiger partial charge in [0.05, 0.1) is 13.2 Å². The molecular formula is C15H31NO2. The summed E-state index contributed by atoms with van der Waals surface area (Å²) >= 11 is 0. The Bertz CT molecular complexity index is 201. The lowest BCUT2D eigenvalue weighted by molar-refractivity contribution is -0.140. The summed E-state index contributed by atoms with van der Waals surface area (Å²) in [4.78, 5) is 14.2. The third kappa shape index (κ3) is 6.39. The molecule has 1 atom stereocenters. The van der Waals surface area contributed by atoms with Crippen LogP contribution < -0.4 is 0 Å². The van der Waals surface area contributed by atoms with Gasteiger partial charge < -0.3 is 9.64 Å². The van der Waals surface area contributed by atoms with Gasteiger partial charge in [0.25, 0.3) is 0 Å². The van der Waals surface area contributed by atoms with Gasteiger partial charge in [-0.25, -0.2) is 0 Å². The van der Waals surface area contributed by atoms with E-state index >= 15 is 0 Å². The highest BCUT2D eigenvalue weighted by atomic mass is 16.5. The predicted molar refractivity (Wildman–Crippen MR) is 76.7 cm³/mol. The van der Waals surface area contributed by atoms with E-state index < -0.39 is 0 Å². The maximum Gasteiger partial charge on any atom is 0.225 e. The van der Waals surface area contributed by atoms with Gasteiger partial charge in [-0.15, -0.1) is 0 Å². The molecule has 18 heavy (non-hydrogen) atoms. The van der Waals surface area contributed by atoms with E-state index in [0.717, 1.165) is 25.9 Å². The smallest absolute Gasteiger partial charge is 0.225 e. The lowest BCUT2D eigenvalue weighted by Gasteiger charge is -2.30. The Kier molecular flexibility index (Phi) is 11.2. The summed E-state index contributed by atoms with van der Waals surface area (Å²) < 4.78 is 5.27. The molecule has 0 aliphatic carbocycles. The highest BCUT2D eigenvalue weighted by Gasteiger charge is 2.23. The Labute approximate surface area is 113 Å². The van der Waals surface area contributed by atoms with E-state index in [0.29, 0.717) is 19.1 Å². The van der Waals surface area contributed by atoms with E-state index in [4.69, 9.17) is 4.74 Å². The molecule has 0 N–H and O–H groups in total. The second-order valence-corrected chi connectivity index (χ2v) is 4.54. The van der Waals surface area contributed by atoms with Crippen molar-refractivity contribution in [1.29, 1.82) is 0 Å². The van der Waals surface area contributed by atoms with Gasteiger partial charge in [0, 0.05) is 19.0 Å². The van der Waals surface area contributed by atoms with Crippen LogP contribution in [-0.4, -0.2) is 37.1 Å². The Morgan fingerprint density at radius 2 is 1.78 bits per heavy atom. The third-order valence-electron chi connectivity index (χ3n) is 3.32. The van der Waals surface area contributed by atoms with Crippen LogP contribution in [0.15, 0.2) is 0 Å². The number of amides is 1. The van der Waals surface area contributed by atoms with Crippen LogP contribution in [-0.2, 0) is 9.53 Å².